The molecule has 0 spiro atoms. The minimum absolute atomic E-state index is 0.206. The van der Waals surface area contributed by atoms with E-state index < -0.39 is 0 Å². The van der Waals surface area contributed by atoms with Crippen molar-refractivity contribution in [2.24, 2.45) is 5.73 Å². The van der Waals surface area contributed by atoms with Crippen molar-refractivity contribution < 1.29 is 0 Å². The maximum atomic E-state index is 6.06. The Bertz CT molecular complexity index is 352. The highest BCUT2D eigenvalue weighted by Crippen LogP contribution is 2.27. The smallest absolute Gasteiger partial charge is 0.0541 e. The Morgan fingerprint density at radius 1 is 1.50 bits per heavy atom. The number of thioether (sulfide) groups is 1. The van der Waals surface area contributed by atoms with Gasteiger partial charge in [-0.1, -0.05) is 29.3 Å². The molecule has 16 heavy (non-hydrogen) atoms. The van der Waals surface area contributed by atoms with Crippen LogP contribution in [0.15, 0.2) is 41.3 Å². The Hall–Kier alpha value is -0.440. The fourth-order valence-electron chi connectivity index (χ4n) is 1.27. The van der Waals surface area contributed by atoms with E-state index in [0.29, 0.717) is 0 Å². The van der Waals surface area contributed by atoms with Gasteiger partial charge in [0.05, 0.1) is 5.02 Å². The van der Waals surface area contributed by atoms with Gasteiger partial charge in [-0.25, -0.2) is 0 Å². The molecule has 2 N–H and O–H groups in total. The molecular weight excluding hydrogens is 238 g/mol. The first-order chi connectivity index (χ1) is 7.59. The number of nitrogens with two attached hydrogens (primary N) is 1. The summed E-state index contributed by atoms with van der Waals surface area (Å²) in [5.41, 5.74) is 7.21. The lowest BCUT2D eigenvalue weighted by Crippen LogP contribution is -2.22. The van der Waals surface area contributed by atoms with Crippen LogP contribution in [0.3, 0.4) is 0 Å². The fraction of sp³-hybridized carbons (Fsp3) is 0.385. The molecule has 0 aromatic heterocycles. The fourth-order valence-corrected chi connectivity index (χ4v) is 2.51. The van der Waals surface area contributed by atoms with Crippen molar-refractivity contribution in [3.63, 3.8) is 0 Å². The van der Waals surface area contributed by atoms with E-state index in [2.05, 4.69) is 6.58 Å². The first-order valence-electron chi connectivity index (χ1n) is 5.37. The van der Waals surface area contributed by atoms with Crippen molar-refractivity contribution in [3.05, 3.63) is 41.4 Å². The molecule has 0 aliphatic heterocycles. The van der Waals surface area contributed by atoms with Gasteiger partial charge in [-0.05, 0) is 31.9 Å². The molecule has 0 aliphatic carbocycles. The summed E-state index contributed by atoms with van der Waals surface area (Å²) < 4.78 is 0. The SMILES string of the molecule is C=C(C)CCC(N)CSc1ccccc1Cl. The van der Waals surface area contributed by atoms with Gasteiger partial charge in [0, 0.05) is 16.7 Å². The monoisotopic (exact) mass is 255 g/mol. The molecule has 1 aromatic rings. The molecule has 0 aliphatic rings. The van der Waals surface area contributed by atoms with E-state index in [1.807, 2.05) is 31.2 Å². The van der Waals surface area contributed by atoms with Gasteiger partial charge in [0.15, 0.2) is 0 Å². The summed E-state index contributed by atoms with van der Waals surface area (Å²) in [6, 6.07) is 8.07. The van der Waals surface area contributed by atoms with Crippen molar-refractivity contribution in [1.29, 1.82) is 0 Å². The number of hydrogen-bond acceptors (Lipinski definition) is 2. The molecule has 1 unspecified atom stereocenters. The topological polar surface area (TPSA) is 26.0 Å². The molecule has 88 valence electrons. The van der Waals surface area contributed by atoms with Crippen LogP contribution in [0.2, 0.25) is 5.02 Å². The maximum absolute atomic E-state index is 6.06. The molecular formula is C13H18ClNS. The molecule has 0 fully saturated rings. The summed E-state index contributed by atoms with van der Waals surface area (Å²) in [5, 5.41) is 0.805. The van der Waals surface area contributed by atoms with E-state index in [0.717, 1.165) is 28.5 Å². The lowest BCUT2D eigenvalue weighted by molar-refractivity contribution is 0.672. The Morgan fingerprint density at radius 2 is 2.19 bits per heavy atom. The van der Waals surface area contributed by atoms with Gasteiger partial charge in [-0.2, -0.15) is 0 Å². The van der Waals surface area contributed by atoms with Crippen molar-refractivity contribution in [1.82, 2.24) is 0 Å². The molecule has 0 bridgehead atoms. The average molecular weight is 256 g/mol. The van der Waals surface area contributed by atoms with E-state index in [4.69, 9.17) is 17.3 Å². The molecule has 0 radical (unpaired) electrons. The highest BCUT2D eigenvalue weighted by atomic mass is 35.5. The largest absolute Gasteiger partial charge is 0.327 e. The molecule has 0 saturated heterocycles. The predicted molar refractivity (Wildman–Crippen MR) is 74.2 cm³/mol. The second-order valence-corrected chi connectivity index (χ2v) is 5.47. The van der Waals surface area contributed by atoms with E-state index in [9.17, 15) is 0 Å². The summed E-state index contributed by atoms with van der Waals surface area (Å²) in [6.07, 6.45) is 2.00. The van der Waals surface area contributed by atoms with Crippen LogP contribution in [0.1, 0.15) is 19.8 Å². The maximum Gasteiger partial charge on any atom is 0.0541 e. The summed E-state index contributed by atoms with van der Waals surface area (Å²) in [6.45, 7) is 5.91. The summed E-state index contributed by atoms with van der Waals surface area (Å²) in [5.74, 6) is 0.900. The van der Waals surface area contributed by atoms with Crippen LogP contribution >= 0.6 is 23.4 Å². The first-order valence-corrected chi connectivity index (χ1v) is 6.73. The van der Waals surface area contributed by atoms with Crippen molar-refractivity contribution in [3.8, 4) is 0 Å². The second kappa shape index (κ2) is 7.00. The molecule has 0 saturated carbocycles. The van der Waals surface area contributed by atoms with Gasteiger partial charge in [-0.15, -0.1) is 18.3 Å². The van der Waals surface area contributed by atoms with Crippen molar-refractivity contribution >= 4 is 23.4 Å². The quantitative estimate of drug-likeness (QED) is 0.611. The average Bonchev–Trinajstić information content (AvgIpc) is 2.25. The molecule has 1 nitrogen and oxygen atoms in total. The van der Waals surface area contributed by atoms with E-state index in [-0.39, 0.29) is 6.04 Å². The van der Waals surface area contributed by atoms with Gasteiger partial charge in [0.1, 0.15) is 0 Å². The van der Waals surface area contributed by atoms with Crippen LogP contribution in [0.4, 0.5) is 0 Å². The Morgan fingerprint density at radius 3 is 2.81 bits per heavy atom. The van der Waals surface area contributed by atoms with Gasteiger partial charge in [-0.3, -0.25) is 0 Å². The predicted octanol–water partition coefficient (Wildman–Crippen LogP) is 4.12. The van der Waals surface area contributed by atoms with Gasteiger partial charge in [0.2, 0.25) is 0 Å². The minimum Gasteiger partial charge on any atom is -0.327 e. The number of allylic oxidation sites excluding steroid dienone is 1. The van der Waals surface area contributed by atoms with Crippen molar-refractivity contribution in [2.75, 3.05) is 5.75 Å². The Labute approximate surface area is 107 Å². The molecule has 0 heterocycles. The highest BCUT2D eigenvalue weighted by Gasteiger charge is 2.05. The number of benzene rings is 1. The molecule has 3 heteroatoms. The molecule has 1 rings (SSSR count). The van der Waals surface area contributed by atoms with Crippen LogP contribution in [0.25, 0.3) is 0 Å². The van der Waals surface area contributed by atoms with E-state index in [1.54, 1.807) is 11.8 Å². The standard InChI is InChI=1S/C13H18ClNS/c1-10(2)7-8-11(15)9-16-13-6-4-3-5-12(13)14/h3-6,11H,1,7-9,15H2,2H3. The zero-order chi connectivity index (χ0) is 12.0. The lowest BCUT2D eigenvalue weighted by Gasteiger charge is -2.11. The number of hydrogen-bond donors (Lipinski definition) is 1. The Balaban J connectivity index is 2.34. The van der Waals surface area contributed by atoms with E-state index in [1.165, 1.54) is 5.57 Å². The molecule has 0 amide bonds. The van der Waals surface area contributed by atoms with Gasteiger partial charge in [0.25, 0.3) is 0 Å². The third-order valence-corrected chi connectivity index (χ3v) is 3.93. The van der Waals surface area contributed by atoms with E-state index >= 15 is 0 Å². The third-order valence-electron chi connectivity index (χ3n) is 2.23. The number of halogens is 1. The Kier molecular flexibility index (Phi) is 5.96. The summed E-state index contributed by atoms with van der Waals surface area (Å²) >= 11 is 7.78. The molecule has 1 aromatic carbocycles. The van der Waals surface area contributed by atoms with Crippen molar-refractivity contribution in [2.45, 2.75) is 30.7 Å². The zero-order valence-electron chi connectivity index (χ0n) is 9.58. The van der Waals surface area contributed by atoms with Crippen LogP contribution in [-0.2, 0) is 0 Å². The number of rotatable bonds is 6. The van der Waals surface area contributed by atoms with Crippen LogP contribution in [0, 0.1) is 0 Å². The van der Waals surface area contributed by atoms with Crippen LogP contribution < -0.4 is 5.73 Å². The summed E-state index contributed by atoms with van der Waals surface area (Å²) in [7, 11) is 0. The lowest BCUT2D eigenvalue weighted by atomic mass is 10.1. The van der Waals surface area contributed by atoms with Gasteiger partial charge >= 0.3 is 0 Å². The van der Waals surface area contributed by atoms with Crippen LogP contribution in [0.5, 0.6) is 0 Å². The normalized spacial score (nSPS) is 12.4. The van der Waals surface area contributed by atoms with Gasteiger partial charge < -0.3 is 5.73 Å². The first kappa shape index (κ1) is 13.6. The zero-order valence-corrected chi connectivity index (χ0v) is 11.2. The highest BCUT2D eigenvalue weighted by molar-refractivity contribution is 7.99. The van der Waals surface area contributed by atoms with Crippen LogP contribution in [-0.4, -0.2) is 11.8 Å². The third kappa shape index (κ3) is 5.06. The molecule has 1 atom stereocenters. The second-order valence-electron chi connectivity index (χ2n) is 4.00. The summed E-state index contributed by atoms with van der Waals surface area (Å²) in [4.78, 5) is 1.11. The minimum atomic E-state index is 0.206.